The van der Waals surface area contributed by atoms with E-state index in [1.807, 2.05) is 6.07 Å². The van der Waals surface area contributed by atoms with Crippen molar-refractivity contribution in [3.8, 4) is 5.75 Å². The molecule has 0 bridgehead atoms. The Labute approximate surface area is 96.7 Å². The molecule has 5 nitrogen and oxygen atoms in total. The summed E-state index contributed by atoms with van der Waals surface area (Å²) >= 11 is 0. The van der Waals surface area contributed by atoms with Gasteiger partial charge < -0.3 is 9.84 Å². The van der Waals surface area contributed by atoms with E-state index in [9.17, 15) is 9.59 Å². The van der Waals surface area contributed by atoms with Crippen molar-refractivity contribution < 1.29 is 19.4 Å². The minimum atomic E-state index is -1.06. The minimum absolute atomic E-state index is 0.281. The van der Waals surface area contributed by atoms with Gasteiger partial charge >= 0.3 is 5.97 Å². The summed E-state index contributed by atoms with van der Waals surface area (Å²) in [6.07, 6.45) is 0.632. The van der Waals surface area contributed by atoms with Gasteiger partial charge in [-0.15, -0.1) is 0 Å². The smallest absolute Gasteiger partial charge is 0.341 e. The number of nitrogens with zero attached hydrogens (tertiary/aromatic N) is 1. The second-order valence-electron chi connectivity index (χ2n) is 3.36. The molecule has 5 heteroatoms. The Morgan fingerprint density at radius 2 is 2.18 bits per heavy atom. The number of aldehydes is 1. The molecule has 1 aromatic heterocycles. The maximum Gasteiger partial charge on any atom is 0.341 e. The number of hydrogen-bond acceptors (Lipinski definition) is 4. The molecule has 86 valence electrons. The Hall–Kier alpha value is -2.43. The van der Waals surface area contributed by atoms with Crippen LogP contribution in [0.3, 0.4) is 0 Å². The first kappa shape index (κ1) is 11.1. The SMILES string of the molecule is O=Cc1ccc2cccc(OCC(=O)O)c2n1. The summed E-state index contributed by atoms with van der Waals surface area (Å²) in [4.78, 5) is 25.1. The summed E-state index contributed by atoms with van der Waals surface area (Å²) in [5.74, 6) is -0.706. The monoisotopic (exact) mass is 231 g/mol. The van der Waals surface area contributed by atoms with Crippen molar-refractivity contribution in [1.29, 1.82) is 0 Å². The Kier molecular flexibility index (Phi) is 3.00. The fourth-order valence-electron chi connectivity index (χ4n) is 1.46. The molecule has 0 fully saturated rings. The van der Waals surface area contributed by atoms with E-state index in [-0.39, 0.29) is 5.69 Å². The molecule has 1 heterocycles. The number of para-hydroxylation sites is 1. The highest BCUT2D eigenvalue weighted by molar-refractivity contribution is 5.87. The highest BCUT2D eigenvalue weighted by atomic mass is 16.5. The Bertz CT molecular complexity index is 580. The standard InChI is InChI=1S/C12H9NO4/c14-6-9-5-4-8-2-1-3-10(12(8)13-9)17-7-11(15)16/h1-6H,7H2,(H,15,16). The van der Waals surface area contributed by atoms with E-state index in [2.05, 4.69) is 4.98 Å². The number of aliphatic carboxylic acids is 1. The third kappa shape index (κ3) is 2.39. The number of fused-ring (bicyclic) bond motifs is 1. The Morgan fingerprint density at radius 3 is 2.88 bits per heavy atom. The summed E-state index contributed by atoms with van der Waals surface area (Å²) in [5.41, 5.74) is 0.766. The highest BCUT2D eigenvalue weighted by Gasteiger charge is 2.06. The van der Waals surface area contributed by atoms with E-state index in [1.165, 1.54) is 0 Å². The fourth-order valence-corrected chi connectivity index (χ4v) is 1.46. The lowest BCUT2D eigenvalue weighted by atomic mass is 10.2. The van der Waals surface area contributed by atoms with Gasteiger partial charge in [0, 0.05) is 5.39 Å². The lowest BCUT2D eigenvalue weighted by Crippen LogP contribution is -2.09. The Morgan fingerprint density at radius 1 is 1.35 bits per heavy atom. The average molecular weight is 231 g/mol. The quantitative estimate of drug-likeness (QED) is 0.807. The van der Waals surface area contributed by atoms with Crippen molar-refractivity contribution in [3.05, 3.63) is 36.0 Å². The second kappa shape index (κ2) is 4.61. The molecule has 0 aliphatic heterocycles. The maximum absolute atomic E-state index is 10.6. The molecule has 0 saturated heterocycles. The summed E-state index contributed by atoms with van der Waals surface area (Å²) in [7, 11) is 0. The van der Waals surface area contributed by atoms with Gasteiger partial charge in [0.25, 0.3) is 0 Å². The van der Waals surface area contributed by atoms with Crippen molar-refractivity contribution in [2.24, 2.45) is 0 Å². The lowest BCUT2D eigenvalue weighted by molar-refractivity contribution is -0.139. The van der Waals surface area contributed by atoms with Crippen LogP contribution in [0.2, 0.25) is 0 Å². The van der Waals surface area contributed by atoms with Crippen LogP contribution in [-0.4, -0.2) is 29.0 Å². The predicted octanol–water partition coefficient (Wildman–Crippen LogP) is 1.51. The van der Waals surface area contributed by atoms with Gasteiger partial charge in [0.15, 0.2) is 12.9 Å². The zero-order valence-corrected chi connectivity index (χ0v) is 8.79. The molecule has 0 unspecified atom stereocenters. The van der Waals surface area contributed by atoms with Crippen LogP contribution in [0, 0.1) is 0 Å². The molecule has 17 heavy (non-hydrogen) atoms. The lowest BCUT2D eigenvalue weighted by Gasteiger charge is -2.06. The van der Waals surface area contributed by atoms with Crippen LogP contribution in [0.5, 0.6) is 5.75 Å². The van der Waals surface area contributed by atoms with Crippen LogP contribution in [0.1, 0.15) is 10.5 Å². The van der Waals surface area contributed by atoms with Crippen molar-refractivity contribution in [2.75, 3.05) is 6.61 Å². The van der Waals surface area contributed by atoms with Crippen LogP contribution >= 0.6 is 0 Å². The molecule has 0 radical (unpaired) electrons. The van der Waals surface area contributed by atoms with E-state index in [1.54, 1.807) is 24.3 Å². The van der Waals surface area contributed by atoms with Crippen molar-refractivity contribution in [2.45, 2.75) is 0 Å². The number of carbonyl (C=O) groups excluding carboxylic acids is 1. The molecule has 0 spiro atoms. The molecule has 0 atom stereocenters. The zero-order valence-electron chi connectivity index (χ0n) is 8.79. The van der Waals surface area contributed by atoms with Gasteiger partial charge in [-0.05, 0) is 12.1 Å². The van der Waals surface area contributed by atoms with Crippen molar-refractivity contribution >= 4 is 23.2 Å². The van der Waals surface area contributed by atoms with E-state index in [0.717, 1.165) is 5.39 Å². The third-order valence-corrected chi connectivity index (χ3v) is 2.18. The molecule has 0 amide bonds. The van der Waals surface area contributed by atoms with E-state index in [0.29, 0.717) is 17.6 Å². The number of pyridine rings is 1. The maximum atomic E-state index is 10.6. The largest absolute Gasteiger partial charge is 0.480 e. The van der Waals surface area contributed by atoms with Gasteiger partial charge in [-0.2, -0.15) is 0 Å². The number of aromatic nitrogens is 1. The van der Waals surface area contributed by atoms with Crippen LogP contribution in [-0.2, 0) is 4.79 Å². The van der Waals surface area contributed by atoms with E-state index >= 15 is 0 Å². The number of ether oxygens (including phenoxy) is 1. The fraction of sp³-hybridized carbons (Fsp3) is 0.0833. The molecule has 2 aromatic rings. The van der Waals surface area contributed by atoms with Crippen LogP contribution in [0.4, 0.5) is 0 Å². The number of hydrogen-bond donors (Lipinski definition) is 1. The zero-order chi connectivity index (χ0) is 12.3. The summed E-state index contributed by atoms with van der Waals surface area (Å²) < 4.78 is 5.10. The molecular weight excluding hydrogens is 222 g/mol. The van der Waals surface area contributed by atoms with E-state index < -0.39 is 12.6 Å². The molecular formula is C12H9NO4. The summed E-state index contributed by atoms with van der Waals surface area (Å²) in [5, 5.41) is 9.34. The van der Waals surface area contributed by atoms with Gasteiger partial charge in [0.1, 0.15) is 17.0 Å². The average Bonchev–Trinajstić information content (AvgIpc) is 2.35. The van der Waals surface area contributed by atoms with E-state index in [4.69, 9.17) is 9.84 Å². The minimum Gasteiger partial charge on any atom is -0.480 e. The number of carbonyl (C=O) groups is 2. The molecule has 0 aliphatic carbocycles. The number of benzene rings is 1. The summed E-state index contributed by atoms with van der Waals surface area (Å²) in [6, 6.07) is 8.50. The van der Waals surface area contributed by atoms with Crippen molar-refractivity contribution in [1.82, 2.24) is 4.98 Å². The normalized spacial score (nSPS) is 10.1. The van der Waals surface area contributed by atoms with Crippen LogP contribution < -0.4 is 4.74 Å². The second-order valence-corrected chi connectivity index (χ2v) is 3.36. The molecule has 2 rings (SSSR count). The number of carboxylic acids is 1. The summed E-state index contributed by atoms with van der Waals surface area (Å²) in [6.45, 7) is -0.438. The first-order valence-electron chi connectivity index (χ1n) is 4.90. The first-order chi connectivity index (χ1) is 8.20. The molecule has 0 saturated carbocycles. The number of rotatable bonds is 4. The molecule has 0 aliphatic rings. The highest BCUT2D eigenvalue weighted by Crippen LogP contribution is 2.23. The molecule has 1 N–H and O–H groups in total. The first-order valence-corrected chi connectivity index (χ1v) is 4.90. The van der Waals surface area contributed by atoms with Crippen molar-refractivity contribution in [3.63, 3.8) is 0 Å². The predicted molar refractivity (Wildman–Crippen MR) is 60.3 cm³/mol. The Balaban J connectivity index is 2.46. The molecule has 1 aromatic carbocycles. The van der Waals surface area contributed by atoms with Crippen LogP contribution in [0.25, 0.3) is 10.9 Å². The van der Waals surface area contributed by atoms with Gasteiger partial charge in [0.05, 0.1) is 0 Å². The van der Waals surface area contributed by atoms with Gasteiger partial charge in [0.2, 0.25) is 0 Å². The van der Waals surface area contributed by atoms with Gasteiger partial charge in [-0.1, -0.05) is 18.2 Å². The van der Waals surface area contributed by atoms with Crippen LogP contribution in [0.15, 0.2) is 30.3 Å². The number of carboxylic acid groups (broad SMARTS) is 1. The topological polar surface area (TPSA) is 76.5 Å². The third-order valence-electron chi connectivity index (χ3n) is 2.18. The van der Waals surface area contributed by atoms with Gasteiger partial charge in [-0.25, -0.2) is 9.78 Å². The van der Waals surface area contributed by atoms with Gasteiger partial charge in [-0.3, -0.25) is 4.79 Å².